The highest BCUT2D eigenvalue weighted by molar-refractivity contribution is 5.92. The Bertz CT molecular complexity index is 611. The molecular weight excluding hydrogens is 356 g/mol. The van der Waals surface area contributed by atoms with Gasteiger partial charge in [0.25, 0.3) is 0 Å². The van der Waals surface area contributed by atoms with Crippen LogP contribution < -0.4 is 0 Å². The molecule has 1 aliphatic heterocycles. The van der Waals surface area contributed by atoms with Gasteiger partial charge in [-0.25, -0.2) is 0 Å². The average molecular weight is 386 g/mol. The van der Waals surface area contributed by atoms with Gasteiger partial charge >= 0.3 is 0 Å². The third-order valence-electron chi connectivity index (χ3n) is 5.43. The summed E-state index contributed by atoms with van der Waals surface area (Å²) < 4.78 is 10.9. The number of hydrogen-bond donors (Lipinski definition) is 5. The maximum atomic E-state index is 11.8. The summed E-state index contributed by atoms with van der Waals surface area (Å²) in [5, 5.41) is 50.0. The number of carbonyl (C=O) groups excluding carboxylic acids is 1. The van der Waals surface area contributed by atoms with Crippen LogP contribution >= 0.6 is 0 Å². The fourth-order valence-electron chi connectivity index (χ4n) is 3.58. The summed E-state index contributed by atoms with van der Waals surface area (Å²) in [6.45, 7) is 6.40. The first-order valence-corrected chi connectivity index (χ1v) is 9.02. The van der Waals surface area contributed by atoms with Crippen LogP contribution in [0.15, 0.2) is 23.8 Å². The molecule has 154 valence electrons. The lowest BCUT2D eigenvalue weighted by Gasteiger charge is -2.44. The van der Waals surface area contributed by atoms with E-state index >= 15 is 0 Å². The van der Waals surface area contributed by atoms with Crippen molar-refractivity contribution in [3.8, 4) is 0 Å². The van der Waals surface area contributed by atoms with E-state index in [1.807, 2.05) is 0 Å². The van der Waals surface area contributed by atoms with E-state index in [1.165, 1.54) is 6.08 Å². The van der Waals surface area contributed by atoms with Crippen LogP contribution in [0.3, 0.4) is 0 Å². The van der Waals surface area contributed by atoms with Gasteiger partial charge in [-0.05, 0) is 31.6 Å². The lowest BCUT2D eigenvalue weighted by atomic mass is 9.64. The minimum absolute atomic E-state index is 0.0406. The summed E-state index contributed by atoms with van der Waals surface area (Å²) in [5.41, 5.74) is -1.52. The molecule has 5 N–H and O–H groups in total. The van der Waals surface area contributed by atoms with Crippen molar-refractivity contribution in [1.82, 2.24) is 0 Å². The Balaban J connectivity index is 2.11. The molecule has 0 aromatic heterocycles. The van der Waals surface area contributed by atoms with Gasteiger partial charge in [-0.3, -0.25) is 4.79 Å². The van der Waals surface area contributed by atoms with Crippen LogP contribution in [0.5, 0.6) is 0 Å². The molecule has 0 amide bonds. The van der Waals surface area contributed by atoms with Crippen LogP contribution in [-0.2, 0) is 14.3 Å². The van der Waals surface area contributed by atoms with Crippen LogP contribution in [-0.4, -0.2) is 80.3 Å². The molecule has 0 aromatic rings. The number of ketones is 1. The largest absolute Gasteiger partial charge is 0.394 e. The summed E-state index contributed by atoms with van der Waals surface area (Å²) in [7, 11) is 0. The molecule has 0 aromatic carbocycles. The molecule has 8 heteroatoms. The number of ether oxygens (including phenoxy) is 2. The van der Waals surface area contributed by atoms with E-state index < -0.39 is 54.4 Å². The summed E-state index contributed by atoms with van der Waals surface area (Å²) in [4.78, 5) is 11.8. The molecule has 8 nitrogen and oxygen atoms in total. The van der Waals surface area contributed by atoms with Gasteiger partial charge in [0.15, 0.2) is 12.1 Å². The standard InChI is InChI=1S/C19H30O8/c1-10-7-12(21)8-18(3,4)19(10,25)6-5-11(2)26-17-16(24)15(23)14(22)13(9-20)27-17/h5-7,11,13-17,20,22-25H,8-9H2,1-4H3/t11-,13-,14-,15+,16-,17-,19-/m1/s1. The lowest BCUT2D eigenvalue weighted by Crippen LogP contribution is -2.59. The highest BCUT2D eigenvalue weighted by atomic mass is 16.7. The van der Waals surface area contributed by atoms with Gasteiger partial charge in [-0.15, -0.1) is 0 Å². The first-order valence-electron chi connectivity index (χ1n) is 9.02. The van der Waals surface area contributed by atoms with Crippen LogP contribution in [0.1, 0.15) is 34.1 Å². The lowest BCUT2D eigenvalue weighted by molar-refractivity contribution is -0.306. The minimum Gasteiger partial charge on any atom is -0.394 e. The van der Waals surface area contributed by atoms with Crippen molar-refractivity contribution in [2.75, 3.05) is 6.61 Å². The fourth-order valence-corrected chi connectivity index (χ4v) is 3.58. The van der Waals surface area contributed by atoms with Crippen molar-refractivity contribution in [2.24, 2.45) is 5.41 Å². The molecule has 7 atom stereocenters. The molecule has 0 saturated carbocycles. The van der Waals surface area contributed by atoms with E-state index in [0.29, 0.717) is 5.57 Å². The van der Waals surface area contributed by atoms with Gasteiger partial charge in [0, 0.05) is 11.8 Å². The van der Waals surface area contributed by atoms with Crippen molar-refractivity contribution in [3.05, 3.63) is 23.8 Å². The summed E-state index contributed by atoms with van der Waals surface area (Å²) >= 11 is 0. The molecule has 2 rings (SSSR count). The molecule has 0 radical (unpaired) electrons. The van der Waals surface area contributed by atoms with E-state index in [2.05, 4.69) is 0 Å². The number of hydrogen-bond acceptors (Lipinski definition) is 8. The maximum Gasteiger partial charge on any atom is 0.187 e. The number of allylic oxidation sites excluding steroid dienone is 1. The Morgan fingerprint density at radius 2 is 1.93 bits per heavy atom. The molecular formula is C19H30O8. The van der Waals surface area contributed by atoms with Crippen molar-refractivity contribution < 1.29 is 39.8 Å². The van der Waals surface area contributed by atoms with Gasteiger partial charge in [0.1, 0.15) is 30.0 Å². The summed E-state index contributed by atoms with van der Waals surface area (Å²) in [6, 6.07) is 0. The second-order valence-electron chi connectivity index (χ2n) is 8.02. The van der Waals surface area contributed by atoms with Gasteiger partial charge in [-0.1, -0.05) is 19.9 Å². The topological polar surface area (TPSA) is 137 Å². The van der Waals surface area contributed by atoms with E-state index in [1.54, 1.807) is 39.8 Å². The molecule has 0 unspecified atom stereocenters. The second-order valence-corrected chi connectivity index (χ2v) is 8.02. The van der Waals surface area contributed by atoms with Crippen molar-refractivity contribution in [1.29, 1.82) is 0 Å². The zero-order valence-electron chi connectivity index (χ0n) is 16.1. The molecule has 1 saturated heterocycles. The zero-order chi connectivity index (χ0) is 20.6. The first kappa shape index (κ1) is 22.2. The molecule has 1 heterocycles. The number of carbonyl (C=O) groups is 1. The predicted octanol–water partition coefficient (Wildman–Crippen LogP) is -0.576. The van der Waals surface area contributed by atoms with E-state index in [9.17, 15) is 30.3 Å². The Morgan fingerprint density at radius 1 is 1.30 bits per heavy atom. The smallest absolute Gasteiger partial charge is 0.187 e. The van der Waals surface area contributed by atoms with Gasteiger partial charge in [0.2, 0.25) is 0 Å². The van der Waals surface area contributed by atoms with Gasteiger partial charge < -0.3 is 35.0 Å². The normalized spacial score (nSPS) is 40.9. The average Bonchev–Trinajstić information content (AvgIpc) is 2.58. The van der Waals surface area contributed by atoms with Crippen LogP contribution in [0, 0.1) is 5.41 Å². The molecule has 1 fully saturated rings. The number of aliphatic hydroxyl groups is 5. The maximum absolute atomic E-state index is 11.8. The predicted molar refractivity (Wildman–Crippen MR) is 95.6 cm³/mol. The SMILES string of the molecule is CC1=CC(=O)CC(C)(C)[C@@]1(O)C=C[C@@H](C)O[C@@H]1O[C@H](CO)[C@@H](O)[C@H](O)[C@H]1O. The Morgan fingerprint density at radius 3 is 2.48 bits per heavy atom. The monoisotopic (exact) mass is 386 g/mol. The number of aliphatic hydroxyl groups excluding tert-OH is 4. The van der Waals surface area contributed by atoms with E-state index in [4.69, 9.17) is 9.47 Å². The van der Waals surface area contributed by atoms with Crippen LogP contribution in [0.2, 0.25) is 0 Å². The van der Waals surface area contributed by atoms with E-state index in [-0.39, 0.29) is 12.2 Å². The highest BCUT2D eigenvalue weighted by Gasteiger charge is 2.47. The highest BCUT2D eigenvalue weighted by Crippen LogP contribution is 2.44. The van der Waals surface area contributed by atoms with Crippen molar-refractivity contribution >= 4 is 5.78 Å². The van der Waals surface area contributed by atoms with Crippen LogP contribution in [0.25, 0.3) is 0 Å². The van der Waals surface area contributed by atoms with Gasteiger partial charge in [-0.2, -0.15) is 0 Å². The third-order valence-corrected chi connectivity index (χ3v) is 5.43. The molecule has 1 aliphatic carbocycles. The summed E-state index contributed by atoms with van der Waals surface area (Å²) in [5.74, 6) is -0.0406. The minimum atomic E-state index is -1.52. The first-order chi connectivity index (χ1) is 12.4. The fraction of sp³-hybridized carbons (Fsp3) is 0.737. The van der Waals surface area contributed by atoms with Gasteiger partial charge in [0.05, 0.1) is 12.7 Å². The van der Waals surface area contributed by atoms with Crippen molar-refractivity contribution in [2.45, 2.75) is 76.5 Å². The molecule has 0 bridgehead atoms. The third kappa shape index (κ3) is 4.32. The molecule has 27 heavy (non-hydrogen) atoms. The zero-order valence-corrected chi connectivity index (χ0v) is 16.1. The molecule has 0 spiro atoms. The van der Waals surface area contributed by atoms with Crippen LogP contribution in [0.4, 0.5) is 0 Å². The Kier molecular flexibility index (Phi) is 6.63. The summed E-state index contributed by atoms with van der Waals surface area (Å²) in [6.07, 6.45) is -2.64. The van der Waals surface area contributed by atoms with E-state index in [0.717, 1.165) is 0 Å². The quantitative estimate of drug-likeness (QED) is 0.396. The van der Waals surface area contributed by atoms with Crippen molar-refractivity contribution in [3.63, 3.8) is 0 Å². The number of rotatable bonds is 5. The second kappa shape index (κ2) is 8.08. The Labute approximate surface area is 158 Å². The molecule has 2 aliphatic rings. The Hall–Kier alpha value is -1.13.